The van der Waals surface area contributed by atoms with Crippen LogP contribution >= 0.6 is 0 Å². The van der Waals surface area contributed by atoms with Crippen molar-refractivity contribution in [1.82, 2.24) is 20.2 Å². The average molecular weight is 380 g/mol. The van der Waals surface area contributed by atoms with Crippen molar-refractivity contribution in [2.75, 3.05) is 19.6 Å². The van der Waals surface area contributed by atoms with E-state index in [1.807, 2.05) is 18.0 Å². The number of hydrogen-bond acceptors (Lipinski definition) is 5. The van der Waals surface area contributed by atoms with Gasteiger partial charge in [0.1, 0.15) is 17.3 Å². The van der Waals surface area contributed by atoms with Crippen LogP contribution in [0.5, 0.6) is 0 Å². The smallest absolute Gasteiger partial charge is 0.257 e. The first kappa shape index (κ1) is 17.9. The van der Waals surface area contributed by atoms with Gasteiger partial charge >= 0.3 is 0 Å². The van der Waals surface area contributed by atoms with Gasteiger partial charge in [-0.25, -0.2) is 9.97 Å². The lowest BCUT2D eigenvalue weighted by Gasteiger charge is -2.29. The first-order valence-corrected chi connectivity index (χ1v) is 10.7. The van der Waals surface area contributed by atoms with E-state index in [1.165, 1.54) is 0 Å². The summed E-state index contributed by atoms with van der Waals surface area (Å²) in [5.41, 5.74) is 4.17. The topological polar surface area (TPSA) is 71.3 Å². The van der Waals surface area contributed by atoms with Gasteiger partial charge in [0.25, 0.3) is 5.91 Å². The molecule has 6 nitrogen and oxygen atoms in total. The summed E-state index contributed by atoms with van der Waals surface area (Å²) in [5, 5.41) is 3.40. The standard InChI is InChI=1S/C22H28N4O2/c1-14-20(17-4-2-3-5-19(17)28-14)22(27)26-11-8-18-16(13-26)12-24-21(25-18)15-6-9-23-10-7-15/h12,15,23H,2-11,13H2,1H3. The number of amides is 1. The molecule has 0 bridgehead atoms. The molecule has 1 fully saturated rings. The van der Waals surface area contributed by atoms with Gasteiger partial charge < -0.3 is 14.6 Å². The molecule has 0 saturated carbocycles. The summed E-state index contributed by atoms with van der Waals surface area (Å²) >= 11 is 0. The Morgan fingerprint density at radius 2 is 2.04 bits per heavy atom. The van der Waals surface area contributed by atoms with E-state index in [-0.39, 0.29) is 5.91 Å². The normalized spacial score (nSPS) is 20.0. The summed E-state index contributed by atoms with van der Waals surface area (Å²) in [6, 6.07) is 0. The molecule has 5 rings (SSSR count). The summed E-state index contributed by atoms with van der Waals surface area (Å²) in [6.07, 6.45) is 9.18. The first-order valence-electron chi connectivity index (χ1n) is 10.7. The van der Waals surface area contributed by atoms with Gasteiger partial charge in [-0.05, 0) is 52.1 Å². The maximum absolute atomic E-state index is 13.3. The highest BCUT2D eigenvalue weighted by Crippen LogP contribution is 2.32. The number of fused-ring (bicyclic) bond motifs is 2. The van der Waals surface area contributed by atoms with E-state index in [1.54, 1.807) is 0 Å². The molecule has 1 N–H and O–H groups in total. The Kier molecular flexibility index (Phi) is 4.67. The number of carbonyl (C=O) groups is 1. The van der Waals surface area contributed by atoms with Crippen molar-refractivity contribution < 1.29 is 9.21 Å². The number of aromatic nitrogens is 2. The van der Waals surface area contributed by atoms with E-state index < -0.39 is 0 Å². The molecule has 1 amide bonds. The Hall–Kier alpha value is -2.21. The summed E-state index contributed by atoms with van der Waals surface area (Å²) < 4.78 is 5.92. The zero-order valence-electron chi connectivity index (χ0n) is 16.6. The van der Waals surface area contributed by atoms with E-state index in [2.05, 4.69) is 10.3 Å². The number of furan rings is 1. The van der Waals surface area contributed by atoms with Crippen LogP contribution in [-0.2, 0) is 25.8 Å². The molecule has 3 aliphatic rings. The highest BCUT2D eigenvalue weighted by Gasteiger charge is 2.31. The molecule has 0 radical (unpaired) electrons. The third-order valence-electron chi connectivity index (χ3n) is 6.51. The Morgan fingerprint density at radius 3 is 2.89 bits per heavy atom. The SMILES string of the molecule is Cc1oc2c(c1C(=O)N1CCc3nc(C4CCNCC4)ncc3C1)CCCC2. The molecule has 0 unspecified atom stereocenters. The Labute approximate surface area is 165 Å². The summed E-state index contributed by atoms with van der Waals surface area (Å²) in [4.78, 5) is 24.8. The average Bonchev–Trinajstić information content (AvgIpc) is 3.08. The largest absolute Gasteiger partial charge is 0.465 e. The third kappa shape index (κ3) is 3.13. The lowest BCUT2D eigenvalue weighted by molar-refractivity contribution is 0.0730. The van der Waals surface area contributed by atoms with Crippen LogP contribution in [0.2, 0.25) is 0 Å². The van der Waals surface area contributed by atoms with Gasteiger partial charge in [0.05, 0.1) is 11.3 Å². The second-order valence-corrected chi connectivity index (χ2v) is 8.34. The van der Waals surface area contributed by atoms with Crippen molar-refractivity contribution in [3.8, 4) is 0 Å². The fraction of sp³-hybridized carbons (Fsp3) is 0.591. The number of carbonyl (C=O) groups excluding carboxylic acids is 1. The Bertz CT molecular complexity index is 898. The monoisotopic (exact) mass is 380 g/mol. The van der Waals surface area contributed by atoms with Gasteiger partial charge in [-0.3, -0.25) is 4.79 Å². The minimum atomic E-state index is 0.109. The van der Waals surface area contributed by atoms with Gasteiger partial charge in [-0.15, -0.1) is 0 Å². The first-order chi connectivity index (χ1) is 13.7. The molecule has 2 aromatic rings. The number of rotatable bonds is 2. The van der Waals surface area contributed by atoms with E-state index in [4.69, 9.17) is 9.40 Å². The summed E-state index contributed by atoms with van der Waals surface area (Å²) in [7, 11) is 0. The van der Waals surface area contributed by atoms with Crippen LogP contribution in [0.15, 0.2) is 10.6 Å². The van der Waals surface area contributed by atoms with Crippen molar-refractivity contribution in [2.45, 2.75) is 64.3 Å². The second-order valence-electron chi connectivity index (χ2n) is 8.34. The maximum atomic E-state index is 13.3. The molecule has 6 heteroatoms. The van der Waals surface area contributed by atoms with Gasteiger partial charge in [0.15, 0.2) is 0 Å². The molecule has 0 spiro atoms. The van der Waals surface area contributed by atoms with Crippen LogP contribution in [0.25, 0.3) is 0 Å². The molecule has 2 aliphatic heterocycles. The van der Waals surface area contributed by atoms with Gasteiger partial charge in [0.2, 0.25) is 0 Å². The van der Waals surface area contributed by atoms with Crippen molar-refractivity contribution >= 4 is 5.91 Å². The molecule has 0 aromatic carbocycles. The fourth-order valence-electron chi connectivity index (χ4n) is 4.92. The van der Waals surface area contributed by atoms with Gasteiger partial charge in [-0.2, -0.15) is 0 Å². The molecule has 148 valence electrons. The van der Waals surface area contributed by atoms with Crippen LogP contribution in [0.4, 0.5) is 0 Å². The molecule has 4 heterocycles. The second kappa shape index (κ2) is 7.32. The Morgan fingerprint density at radius 1 is 1.21 bits per heavy atom. The van der Waals surface area contributed by atoms with E-state index in [0.29, 0.717) is 19.0 Å². The van der Waals surface area contributed by atoms with Crippen molar-refractivity contribution in [3.63, 3.8) is 0 Å². The maximum Gasteiger partial charge on any atom is 0.257 e. The van der Waals surface area contributed by atoms with Crippen LogP contribution in [0, 0.1) is 6.92 Å². The molecule has 2 aromatic heterocycles. The van der Waals surface area contributed by atoms with E-state index in [9.17, 15) is 4.79 Å². The van der Waals surface area contributed by atoms with Crippen molar-refractivity contribution in [3.05, 3.63) is 45.9 Å². The van der Waals surface area contributed by atoms with Gasteiger partial charge in [-0.1, -0.05) is 0 Å². The summed E-state index contributed by atoms with van der Waals surface area (Å²) in [6.45, 7) is 5.33. The van der Waals surface area contributed by atoms with Crippen LogP contribution in [0.3, 0.4) is 0 Å². The third-order valence-corrected chi connectivity index (χ3v) is 6.51. The summed E-state index contributed by atoms with van der Waals surface area (Å²) in [5.74, 6) is 3.36. The number of nitrogens with one attached hydrogen (secondary N) is 1. The Balaban J connectivity index is 1.36. The number of hydrogen-bond donors (Lipinski definition) is 1. The highest BCUT2D eigenvalue weighted by atomic mass is 16.3. The zero-order chi connectivity index (χ0) is 19.1. The fourth-order valence-corrected chi connectivity index (χ4v) is 4.92. The number of piperidine rings is 1. The predicted molar refractivity (Wildman–Crippen MR) is 105 cm³/mol. The molecule has 0 atom stereocenters. The minimum Gasteiger partial charge on any atom is -0.465 e. The van der Waals surface area contributed by atoms with Crippen molar-refractivity contribution in [2.24, 2.45) is 0 Å². The predicted octanol–water partition coefficient (Wildman–Crippen LogP) is 2.92. The zero-order valence-corrected chi connectivity index (χ0v) is 16.6. The van der Waals surface area contributed by atoms with Gasteiger partial charge in [0, 0.05) is 49.2 Å². The molecular weight excluding hydrogens is 352 g/mol. The van der Waals surface area contributed by atoms with E-state index in [0.717, 1.165) is 97.8 Å². The van der Waals surface area contributed by atoms with E-state index >= 15 is 0 Å². The molecule has 1 aliphatic carbocycles. The minimum absolute atomic E-state index is 0.109. The number of aryl methyl sites for hydroxylation is 2. The lowest BCUT2D eigenvalue weighted by Crippen LogP contribution is -2.37. The van der Waals surface area contributed by atoms with Crippen molar-refractivity contribution in [1.29, 1.82) is 0 Å². The highest BCUT2D eigenvalue weighted by molar-refractivity contribution is 5.97. The van der Waals surface area contributed by atoms with Crippen LogP contribution < -0.4 is 5.32 Å². The molecule has 1 saturated heterocycles. The number of nitrogens with zero attached hydrogens (tertiary/aromatic N) is 3. The van der Waals surface area contributed by atoms with Crippen LogP contribution in [0.1, 0.15) is 76.1 Å². The lowest BCUT2D eigenvalue weighted by atomic mass is 9.93. The van der Waals surface area contributed by atoms with Crippen LogP contribution in [-0.4, -0.2) is 40.4 Å². The quantitative estimate of drug-likeness (QED) is 0.867. The molecular formula is C22H28N4O2. The molecule has 28 heavy (non-hydrogen) atoms.